The summed E-state index contributed by atoms with van der Waals surface area (Å²) >= 11 is 1.63. The molecule has 2 N–H and O–H groups in total. The summed E-state index contributed by atoms with van der Waals surface area (Å²) in [5.41, 5.74) is 2.11. The Hall–Kier alpha value is -2.28. The predicted molar refractivity (Wildman–Crippen MR) is 111 cm³/mol. The van der Waals surface area contributed by atoms with Crippen molar-refractivity contribution in [3.8, 4) is 5.75 Å². The first-order chi connectivity index (χ1) is 12.5. The van der Waals surface area contributed by atoms with Crippen molar-refractivity contribution in [2.45, 2.75) is 33.4 Å². The third-order valence-electron chi connectivity index (χ3n) is 3.64. The van der Waals surface area contributed by atoms with Gasteiger partial charge in [0.25, 0.3) is 0 Å². The monoisotopic (exact) mass is 375 g/mol. The highest BCUT2D eigenvalue weighted by Crippen LogP contribution is 2.18. The van der Waals surface area contributed by atoms with Crippen LogP contribution >= 0.6 is 11.3 Å². The largest absolute Gasteiger partial charge is 0.489 e. The highest BCUT2D eigenvalue weighted by atomic mass is 32.1. The normalized spacial score (nSPS) is 12.6. The van der Waals surface area contributed by atoms with E-state index < -0.39 is 0 Å². The maximum atomic E-state index is 6.00. The SMILES string of the molecule is CCNC(=NCc1csc(N(C)C)n1)NCC(C)Oc1ccccc1C. The molecule has 1 aromatic heterocycles. The second-order valence-electron chi connectivity index (χ2n) is 6.29. The number of anilines is 1. The zero-order valence-corrected chi connectivity index (χ0v) is 17.1. The van der Waals surface area contributed by atoms with E-state index in [1.54, 1.807) is 11.3 Å². The second-order valence-corrected chi connectivity index (χ2v) is 7.12. The minimum atomic E-state index is 0.0274. The molecule has 6 nitrogen and oxygen atoms in total. The topological polar surface area (TPSA) is 61.8 Å². The zero-order chi connectivity index (χ0) is 18.9. The van der Waals surface area contributed by atoms with Crippen LogP contribution in [0.5, 0.6) is 5.75 Å². The molecule has 0 spiro atoms. The van der Waals surface area contributed by atoms with Crippen LogP contribution in [-0.2, 0) is 6.54 Å². The van der Waals surface area contributed by atoms with Gasteiger partial charge in [0.1, 0.15) is 11.9 Å². The summed E-state index contributed by atoms with van der Waals surface area (Å²) in [4.78, 5) is 11.2. The van der Waals surface area contributed by atoms with Crippen LogP contribution in [0.3, 0.4) is 0 Å². The lowest BCUT2D eigenvalue weighted by Crippen LogP contribution is -2.41. The molecule has 0 aliphatic carbocycles. The van der Waals surface area contributed by atoms with Crippen LogP contribution in [0.25, 0.3) is 0 Å². The van der Waals surface area contributed by atoms with E-state index in [2.05, 4.69) is 40.5 Å². The summed E-state index contributed by atoms with van der Waals surface area (Å²) < 4.78 is 6.00. The molecule has 0 radical (unpaired) electrons. The van der Waals surface area contributed by atoms with E-state index >= 15 is 0 Å². The van der Waals surface area contributed by atoms with Crippen LogP contribution in [0.15, 0.2) is 34.6 Å². The lowest BCUT2D eigenvalue weighted by Gasteiger charge is -2.18. The van der Waals surface area contributed by atoms with Crippen LogP contribution < -0.4 is 20.3 Å². The summed E-state index contributed by atoms with van der Waals surface area (Å²) in [6.07, 6.45) is 0.0274. The third-order valence-corrected chi connectivity index (χ3v) is 4.70. The summed E-state index contributed by atoms with van der Waals surface area (Å²) in [6, 6.07) is 8.05. The average molecular weight is 376 g/mol. The van der Waals surface area contributed by atoms with Crippen LogP contribution in [-0.4, -0.2) is 44.2 Å². The van der Waals surface area contributed by atoms with Crippen molar-refractivity contribution in [2.24, 2.45) is 4.99 Å². The fourth-order valence-electron chi connectivity index (χ4n) is 2.26. The lowest BCUT2D eigenvalue weighted by atomic mass is 10.2. The number of hydrogen-bond donors (Lipinski definition) is 2. The molecule has 2 rings (SSSR count). The molecule has 0 fully saturated rings. The summed E-state index contributed by atoms with van der Waals surface area (Å²) in [7, 11) is 3.99. The third kappa shape index (κ3) is 6.22. The van der Waals surface area contributed by atoms with Crippen LogP contribution in [0.4, 0.5) is 5.13 Å². The Balaban J connectivity index is 1.89. The Morgan fingerprint density at radius 2 is 2.08 bits per heavy atom. The van der Waals surface area contributed by atoms with E-state index in [-0.39, 0.29) is 6.10 Å². The lowest BCUT2D eigenvalue weighted by molar-refractivity contribution is 0.222. The number of benzene rings is 1. The molecule has 7 heteroatoms. The summed E-state index contributed by atoms with van der Waals surface area (Å²) in [6.45, 7) is 8.17. The molecule has 142 valence electrons. The van der Waals surface area contributed by atoms with E-state index in [1.807, 2.05) is 49.5 Å². The number of aryl methyl sites for hydroxylation is 1. The molecule has 26 heavy (non-hydrogen) atoms. The molecule has 1 aromatic carbocycles. The van der Waals surface area contributed by atoms with Crippen molar-refractivity contribution in [3.63, 3.8) is 0 Å². The van der Waals surface area contributed by atoms with Crippen molar-refractivity contribution < 1.29 is 4.74 Å². The van der Waals surface area contributed by atoms with Crippen LogP contribution in [0, 0.1) is 6.92 Å². The van der Waals surface area contributed by atoms with Gasteiger partial charge in [-0.25, -0.2) is 9.98 Å². The summed E-state index contributed by atoms with van der Waals surface area (Å²) in [5.74, 6) is 1.69. The van der Waals surface area contributed by atoms with E-state index in [4.69, 9.17) is 4.74 Å². The van der Waals surface area contributed by atoms with E-state index in [0.29, 0.717) is 13.1 Å². The van der Waals surface area contributed by atoms with Gasteiger partial charge >= 0.3 is 0 Å². The average Bonchev–Trinajstić information content (AvgIpc) is 3.09. The molecule has 0 amide bonds. The molecule has 2 aromatic rings. The van der Waals surface area contributed by atoms with Crippen molar-refractivity contribution in [1.29, 1.82) is 0 Å². The van der Waals surface area contributed by atoms with Crippen LogP contribution in [0.1, 0.15) is 25.1 Å². The highest BCUT2D eigenvalue weighted by molar-refractivity contribution is 7.13. The number of nitrogens with one attached hydrogen (secondary N) is 2. The maximum Gasteiger partial charge on any atom is 0.191 e. The first-order valence-corrected chi connectivity index (χ1v) is 9.73. The molecular formula is C19H29N5OS. The standard InChI is InChI=1S/C19H29N5OS/c1-6-20-18(22-12-16-13-26-19(23-16)24(4)5)21-11-15(3)25-17-10-8-7-9-14(17)2/h7-10,13,15H,6,11-12H2,1-5H3,(H2,20,21,22). The smallest absolute Gasteiger partial charge is 0.191 e. The maximum absolute atomic E-state index is 6.00. The van der Waals surface area contributed by atoms with Gasteiger partial charge in [0.15, 0.2) is 11.1 Å². The molecule has 0 bridgehead atoms. The number of aliphatic imine (C=N–C) groups is 1. The molecule has 1 unspecified atom stereocenters. The molecular weight excluding hydrogens is 346 g/mol. The quantitative estimate of drug-likeness (QED) is 0.548. The molecule has 1 atom stereocenters. The van der Waals surface area contributed by atoms with Gasteiger partial charge in [-0.15, -0.1) is 11.3 Å². The van der Waals surface area contributed by atoms with Crippen molar-refractivity contribution in [2.75, 3.05) is 32.1 Å². The Bertz CT molecular complexity index is 713. The Labute approximate surface area is 160 Å². The molecule has 0 aliphatic rings. The molecule has 1 heterocycles. The van der Waals surface area contributed by atoms with Crippen molar-refractivity contribution >= 4 is 22.4 Å². The second kappa shape index (κ2) is 10.0. The van der Waals surface area contributed by atoms with E-state index in [1.165, 1.54) is 0 Å². The van der Waals surface area contributed by atoms with Gasteiger partial charge in [0.2, 0.25) is 0 Å². The van der Waals surface area contributed by atoms with Gasteiger partial charge in [-0.1, -0.05) is 18.2 Å². The Kier molecular flexibility index (Phi) is 7.72. The number of nitrogens with zero attached hydrogens (tertiary/aromatic N) is 3. The molecule has 0 saturated carbocycles. The van der Waals surface area contributed by atoms with Gasteiger partial charge in [-0.2, -0.15) is 0 Å². The molecule has 0 saturated heterocycles. The first kappa shape index (κ1) is 20.0. The summed E-state index contributed by atoms with van der Waals surface area (Å²) in [5, 5.41) is 9.64. The predicted octanol–water partition coefficient (Wildman–Crippen LogP) is 3.04. The number of para-hydroxylation sites is 1. The van der Waals surface area contributed by atoms with Crippen molar-refractivity contribution in [3.05, 3.63) is 40.9 Å². The number of guanidine groups is 1. The number of thiazole rings is 1. The van der Waals surface area contributed by atoms with Crippen molar-refractivity contribution in [1.82, 2.24) is 15.6 Å². The molecule has 0 aliphatic heterocycles. The number of aromatic nitrogens is 1. The van der Waals surface area contributed by atoms with Gasteiger partial charge in [0, 0.05) is 26.0 Å². The Morgan fingerprint density at radius 3 is 2.73 bits per heavy atom. The fraction of sp³-hybridized carbons (Fsp3) is 0.474. The Morgan fingerprint density at radius 1 is 1.31 bits per heavy atom. The fourth-order valence-corrected chi connectivity index (χ4v) is 3.01. The van der Waals surface area contributed by atoms with Crippen LogP contribution in [0.2, 0.25) is 0 Å². The van der Waals surface area contributed by atoms with E-state index in [9.17, 15) is 0 Å². The minimum absolute atomic E-state index is 0.0274. The van der Waals surface area contributed by atoms with Gasteiger partial charge in [0.05, 0.1) is 18.8 Å². The highest BCUT2D eigenvalue weighted by Gasteiger charge is 2.08. The van der Waals surface area contributed by atoms with E-state index in [0.717, 1.165) is 34.6 Å². The number of hydrogen-bond acceptors (Lipinski definition) is 5. The number of ether oxygens (including phenoxy) is 1. The van der Waals surface area contributed by atoms with Gasteiger partial charge in [-0.3, -0.25) is 0 Å². The van der Waals surface area contributed by atoms with Gasteiger partial charge < -0.3 is 20.3 Å². The number of rotatable bonds is 8. The minimum Gasteiger partial charge on any atom is -0.489 e. The first-order valence-electron chi connectivity index (χ1n) is 8.85. The van der Waals surface area contributed by atoms with Gasteiger partial charge in [-0.05, 0) is 32.4 Å². The zero-order valence-electron chi connectivity index (χ0n) is 16.2.